The summed E-state index contributed by atoms with van der Waals surface area (Å²) in [5, 5.41) is 5.59. The molecule has 0 aliphatic rings. The first-order valence-electron chi connectivity index (χ1n) is 7.35. The van der Waals surface area contributed by atoms with Gasteiger partial charge in [0.25, 0.3) is 5.91 Å². The maximum absolute atomic E-state index is 12.8. The van der Waals surface area contributed by atoms with Crippen molar-refractivity contribution in [2.75, 3.05) is 6.61 Å². The molecule has 4 nitrogen and oxygen atoms in total. The highest BCUT2D eigenvalue weighted by atomic mass is 32.1. The van der Waals surface area contributed by atoms with Crippen molar-refractivity contribution in [3.05, 3.63) is 71.5 Å². The van der Waals surface area contributed by atoms with Gasteiger partial charge in [-0.1, -0.05) is 30.3 Å². The van der Waals surface area contributed by atoms with Crippen LogP contribution in [0.15, 0.2) is 60.0 Å². The molecule has 0 fully saturated rings. The molecule has 0 aliphatic heterocycles. The lowest BCUT2D eigenvalue weighted by molar-refractivity contribution is -0.123. The molecule has 24 heavy (non-hydrogen) atoms. The first-order chi connectivity index (χ1) is 11.7. The van der Waals surface area contributed by atoms with Crippen molar-refractivity contribution >= 4 is 17.2 Å². The minimum absolute atomic E-state index is 0.124. The summed E-state index contributed by atoms with van der Waals surface area (Å²) < 4.78 is 18.1. The van der Waals surface area contributed by atoms with Gasteiger partial charge in [0.1, 0.15) is 16.6 Å². The van der Waals surface area contributed by atoms with E-state index in [1.54, 1.807) is 0 Å². The van der Waals surface area contributed by atoms with Crippen LogP contribution >= 0.6 is 11.3 Å². The van der Waals surface area contributed by atoms with E-state index in [0.29, 0.717) is 12.3 Å². The fourth-order valence-corrected chi connectivity index (χ4v) is 2.85. The average molecular weight is 342 g/mol. The van der Waals surface area contributed by atoms with Gasteiger partial charge in [0.05, 0.1) is 12.2 Å². The normalized spacial score (nSPS) is 10.4. The van der Waals surface area contributed by atoms with Crippen LogP contribution in [-0.4, -0.2) is 17.5 Å². The molecule has 6 heteroatoms. The Hall–Kier alpha value is -2.73. The summed E-state index contributed by atoms with van der Waals surface area (Å²) in [5.41, 5.74) is 1.86. The van der Waals surface area contributed by atoms with Gasteiger partial charge in [-0.3, -0.25) is 4.79 Å². The van der Waals surface area contributed by atoms with Gasteiger partial charge in [-0.25, -0.2) is 9.37 Å². The quantitative estimate of drug-likeness (QED) is 0.744. The third-order valence-corrected chi connectivity index (χ3v) is 4.16. The van der Waals surface area contributed by atoms with Crippen LogP contribution in [-0.2, 0) is 11.3 Å². The highest BCUT2D eigenvalue weighted by Crippen LogP contribution is 2.23. The first kappa shape index (κ1) is 16.1. The summed E-state index contributed by atoms with van der Waals surface area (Å²) in [4.78, 5) is 16.3. The average Bonchev–Trinajstić information content (AvgIpc) is 3.09. The van der Waals surface area contributed by atoms with E-state index in [9.17, 15) is 9.18 Å². The van der Waals surface area contributed by atoms with Crippen molar-refractivity contribution < 1.29 is 13.9 Å². The third-order valence-electron chi connectivity index (χ3n) is 3.22. The van der Waals surface area contributed by atoms with Crippen LogP contribution in [0.1, 0.15) is 5.69 Å². The molecule has 1 amide bonds. The lowest BCUT2D eigenvalue weighted by Gasteiger charge is -2.06. The Morgan fingerprint density at radius 1 is 1.12 bits per heavy atom. The number of nitrogens with one attached hydrogen (secondary N) is 1. The summed E-state index contributed by atoms with van der Waals surface area (Å²) in [7, 11) is 0. The van der Waals surface area contributed by atoms with Gasteiger partial charge in [-0.15, -0.1) is 11.3 Å². The third kappa shape index (κ3) is 4.39. The summed E-state index contributed by atoms with van der Waals surface area (Å²) in [5.74, 6) is -0.148. The van der Waals surface area contributed by atoms with E-state index in [4.69, 9.17) is 4.74 Å². The molecule has 0 atom stereocenters. The van der Waals surface area contributed by atoms with Crippen LogP contribution in [0.5, 0.6) is 5.75 Å². The largest absolute Gasteiger partial charge is 0.484 e. The van der Waals surface area contributed by atoms with Crippen LogP contribution in [0.4, 0.5) is 4.39 Å². The van der Waals surface area contributed by atoms with E-state index >= 15 is 0 Å². The lowest BCUT2D eigenvalue weighted by Crippen LogP contribution is -2.28. The Bertz CT molecular complexity index is 803. The summed E-state index contributed by atoms with van der Waals surface area (Å²) >= 11 is 1.54. The second kappa shape index (κ2) is 7.70. The van der Waals surface area contributed by atoms with E-state index in [2.05, 4.69) is 10.3 Å². The molecule has 0 bridgehead atoms. The van der Waals surface area contributed by atoms with Crippen molar-refractivity contribution in [3.63, 3.8) is 0 Å². The van der Waals surface area contributed by atoms with E-state index in [1.165, 1.54) is 35.6 Å². The minimum atomic E-state index is -0.343. The topological polar surface area (TPSA) is 51.2 Å². The number of nitrogens with zero attached hydrogens (tertiary/aromatic N) is 1. The highest BCUT2D eigenvalue weighted by molar-refractivity contribution is 7.13. The van der Waals surface area contributed by atoms with Gasteiger partial charge in [0.2, 0.25) is 0 Å². The lowest BCUT2D eigenvalue weighted by atomic mass is 10.2. The summed E-state index contributed by atoms with van der Waals surface area (Å²) in [6, 6.07) is 15.4. The minimum Gasteiger partial charge on any atom is -0.484 e. The summed E-state index contributed by atoms with van der Waals surface area (Å²) in [6.07, 6.45) is 0. The molecule has 2 aromatic carbocycles. The zero-order valence-electron chi connectivity index (χ0n) is 12.7. The van der Waals surface area contributed by atoms with Crippen LogP contribution in [0.25, 0.3) is 10.6 Å². The van der Waals surface area contributed by atoms with Crippen molar-refractivity contribution in [2.45, 2.75) is 6.54 Å². The van der Waals surface area contributed by atoms with E-state index < -0.39 is 0 Å². The Morgan fingerprint density at radius 3 is 2.62 bits per heavy atom. The number of amides is 1. The van der Waals surface area contributed by atoms with Crippen molar-refractivity contribution in [3.8, 4) is 16.3 Å². The number of aromatic nitrogens is 1. The van der Waals surface area contributed by atoms with E-state index in [1.807, 2.05) is 35.7 Å². The smallest absolute Gasteiger partial charge is 0.258 e. The predicted molar refractivity (Wildman–Crippen MR) is 91.3 cm³/mol. The molecule has 1 N–H and O–H groups in total. The first-order valence-corrected chi connectivity index (χ1v) is 8.23. The monoisotopic (exact) mass is 342 g/mol. The van der Waals surface area contributed by atoms with Crippen molar-refractivity contribution in [1.82, 2.24) is 10.3 Å². The molecule has 3 rings (SSSR count). The fraction of sp³-hybridized carbons (Fsp3) is 0.111. The Morgan fingerprint density at radius 2 is 1.88 bits per heavy atom. The molecule has 0 unspecified atom stereocenters. The predicted octanol–water partition coefficient (Wildman–Crippen LogP) is 3.64. The second-order valence-electron chi connectivity index (χ2n) is 5.03. The molecular weight excluding hydrogens is 327 g/mol. The van der Waals surface area contributed by atoms with Gasteiger partial charge < -0.3 is 10.1 Å². The number of thiazole rings is 1. The van der Waals surface area contributed by atoms with Gasteiger partial charge in [0.15, 0.2) is 6.61 Å². The summed E-state index contributed by atoms with van der Waals surface area (Å²) in [6.45, 7) is 0.219. The standard InChI is InChI=1S/C18H15FN2O2S/c19-14-6-8-16(9-7-14)23-11-17(22)20-10-15-12-24-18(21-15)13-4-2-1-3-5-13/h1-9,12H,10-11H2,(H,20,22). The molecule has 0 spiro atoms. The molecule has 0 saturated carbocycles. The highest BCUT2D eigenvalue weighted by Gasteiger charge is 2.07. The fourth-order valence-electron chi connectivity index (χ4n) is 2.02. The molecule has 0 aliphatic carbocycles. The number of carbonyl (C=O) groups excluding carboxylic acids is 1. The SMILES string of the molecule is O=C(COc1ccc(F)cc1)NCc1csc(-c2ccccc2)n1. The van der Waals surface area contributed by atoms with Gasteiger partial charge in [0, 0.05) is 10.9 Å². The number of halogens is 1. The van der Waals surface area contributed by atoms with Gasteiger partial charge in [-0.2, -0.15) is 0 Å². The Balaban J connectivity index is 1.48. The van der Waals surface area contributed by atoms with Gasteiger partial charge >= 0.3 is 0 Å². The number of ether oxygens (including phenoxy) is 1. The maximum atomic E-state index is 12.8. The molecule has 1 heterocycles. The van der Waals surface area contributed by atoms with Crippen LogP contribution in [0.2, 0.25) is 0 Å². The molecular formula is C18H15FN2O2S. The van der Waals surface area contributed by atoms with Crippen molar-refractivity contribution in [2.24, 2.45) is 0 Å². The molecule has 0 saturated heterocycles. The number of hydrogen-bond donors (Lipinski definition) is 1. The van der Waals surface area contributed by atoms with E-state index in [0.717, 1.165) is 16.3 Å². The van der Waals surface area contributed by atoms with Crippen LogP contribution < -0.4 is 10.1 Å². The van der Waals surface area contributed by atoms with Gasteiger partial charge in [-0.05, 0) is 24.3 Å². The molecule has 122 valence electrons. The molecule has 3 aromatic rings. The molecule has 0 radical (unpaired) electrons. The second-order valence-corrected chi connectivity index (χ2v) is 5.89. The Labute approximate surface area is 142 Å². The van der Waals surface area contributed by atoms with Crippen LogP contribution in [0, 0.1) is 5.82 Å². The van der Waals surface area contributed by atoms with Crippen LogP contribution in [0.3, 0.4) is 0 Å². The zero-order valence-corrected chi connectivity index (χ0v) is 13.6. The molecule has 1 aromatic heterocycles. The van der Waals surface area contributed by atoms with Crippen molar-refractivity contribution in [1.29, 1.82) is 0 Å². The number of hydrogen-bond acceptors (Lipinski definition) is 4. The number of benzene rings is 2. The van der Waals surface area contributed by atoms with E-state index in [-0.39, 0.29) is 18.3 Å². The maximum Gasteiger partial charge on any atom is 0.258 e. The zero-order chi connectivity index (χ0) is 16.8. The Kier molecular flexibility index (Phi) is 5.18. The number of rotatable bonds is 6. The number of carbonyl (C=O) groups is 1.